The van der Waals surface area contributed by atoms with Crippen LogP contribution in [0.25, 0.3) is 11.4 Å². The van der Waals surface area contributed by atoms with Crippen molar-refractivity contribution < 1.29 is 5.11 Å². The van der Waals surface area contributed by atoms with Gasteiger partial charge >= 0.3 is 0 Å². The molecule has 0 fully saturated rings. The molecule has 2 aromatic rings. The maximum atomic E-state index is 11.7. The molecule has 1 aromatic heterocycles. The number of aromatic amines is 1. The number of hydrogen-bond donors (Lipinski definition) is 2. The molecule has 0 unspecified atom stereocenters. The van der Waals surface area contributed by atoms with Gasteiger partial charge in [-0.1, -0.05) is 0 Å². The average molecular weight is 271 g/mol. The third-order valence-electron chi connectivity index (χ3n) is 3.83. The molecule has 5 heteroatoms. The molecule has 3 rings (SSSR count). The summed E-state index contributed by atoms with van der Waals surface area (Å²) >= 11 is 0. The van der Waals surface area contributed by atoms with Gasteiger partial charge in [-0.25, -0.2) is 0 Å². The number of benzene rings is 1. The lowest BCUT2D eigenvalue weighted by Gasteiger charge is -2.27. The minimum atomic E-state index is -0.303. The average Bonchev–Trinajstić information content (AvgIpc) is 2.44. The van der Waals surface area contributed by atoms with Crippen LogP contribution in [-0.4, -0.2) is 28.7 Å². The van der Waals surface area contributed by atoms with Crippen LogP contribution in [0.1, 0.15) is 17.5 Å². The van der Waals surface area contributed by atoms with Gasteiger partial charge in [-0.05, 0) is 43.5 Å². The minimum absolute atomic E-state index is 0.210. The van der Waals surface area contributed by atoms with Crippen LogP contribution >= 0.6 is 0 Å². The predicted octanol–water partition coefficient (Wildman–Crippen LogP) is 1.83. The lowest BCUT2D eigenvalue weighted by atomic mass is 9.99. The zero-order valence-electron chi connectivity index (χ0n) is 11.6. The molecule has 0 spiro atoms. The molecule has 104 valence electrons. The molecule has 0 aliphatic carbocycles. The van der Waals surface area contributed by atoms with E-state index in [1.807, 2.05) is 18.2 Å². The molecule has 1 aliphatic heterocycles. The van der Waals surface area contributed by atoms with E-state index in [9.17, 15) is 9.90 Å². The fraction of sp³-hybridized carbons (Fsp3) is 0.333. The van der Waals surface area contributed by atoms with Gasteiger partial charge in [-0.2, -0.15) is 4.98 Å². The maximum Gasteiger partial charge on any atom is 0.257 e. The monoisotopic (exact) mass is 271 g/mol. The summed E-state index contributed by atoms with van der Waals surface area (Å²) in [5, 5.41) is 9.68. The number of aryl methyl sites for hydroxylation is 1. The predicted molar refractivity (Wildman–Crippen MR) is 78.3 cm³/mol. The van der Waals surface area contributed by atoms with E-state index in [1.165, 1.54) is 11.3 Å². The lowest BCUT2D eigenvalue weighted by molar-refractivity contribution is 0.447. The van der Waals surface area contributed by atoms with Crippen molar-refractivity contribution in [3.05, 3.63) is 39.7 Å². The quantitative estimate of drug-likeness (QED) is 0.830. The number of aromatic nitrogens is 2. The first kappa shape index (κ1) is 12.7. The van der Waals surface area contributed by atoms with Crippen molar-refractivity contribution in [2.75, 3.05) is 18.5 Å². The minimum Gasteiger partial charge on any atom is -0.493 e. The lowest BCUT2D eigenvalue weighted by Crippen LogP contribution is -2.24. The summed E-state index contributed by atoms with van der Waals surface area (Å²) in [6.45, 7) is 2.61. The van der Waals surface area contributed by atoms with Crippen LogP contribution in [0.4, 0.5) is 5.69 Å². The van der Waals surface area contributed by atoms with Gasteiger partial charge in [0.05, 0.1) is 5.56 Å². The maximum absolute atomic E-state index is 11.7. The number of anilines is 1. The van der Waals surface area contributed by atoms with Crippen molar-refractivity contribution in [3.63, 3.8) is 0 Å². The molecule has 0 bridgehead atoms. The fourth-order valence-electron chi connectivity index (χ4n) is 2.59. The van der Waals surface area contributed by atoms with Crippen LogP contribution in [0, 0.1) is 6.92 Å². The van der Waals surface area contributed by atoms with Crippen LogP contribution in [0.2, 0.25) is 0 Å². The first-order valence-electron chi connectivity index (χ1n) is 6.70. The van der Waals surface area contributed by atoms with Crippen LogP contribution in [-0.2, 0) is 6.42 Å². The van der Waals surface area contributed by atoms with E-state index in [4.69, 9.17) is 0 Å². The molecule has 1 aromatic carbocycles. The van der Waals surface area contributed by atoms with Crippen LogP contribution < -0.4 is 10.5 Å². The molecule has 1 aliphatic rings. The van der Waals surface area contributed by atoms with E-state index in [1.54, 1.807) is 6.92 Å². The number of fused-ring (bicyclic) bond motifs is 1. The highest BCUT2D eigenvalue weighted by atomic mass is 16.3. The van der Waals surface area contributed by atoms with Crippen molar-refractivity contribution in [2.45, 2.75) is 19.8 Å². The molecule has 20 heavy (non-hydrogen) atoms. The first-order chi connectivity index (χ1) is 9.56. The van der Waals surface area contributed by atoms with E-state index in [0.29, 0.717) is 5.82 Å². The van der Waals surface area contributed by atoms with Gasteiger partial charge in [0.2, 0.25) is 5.88 Å². The highest BCUT2D eigenvalue weighted by Gasteiger charge is 2.15. The third kappa shape index (κ3) is 2.05. The Balaban J connectivity index is 2.10. The molecule has 0 atom stereocenters. The van der Waals surface area contributed by atoms with E-state index in [2.05, 4.69) is 21.9 Å². The Labute approximate surface area is 116 Å². The van der Waals surface area contributed by atoms with Gasteiger partial charge < -0.3 is 15.0 Å². The fourth-order valence-corrected chi connectivity index (χ4v) is 2.59. The third-order valence-corrected chi connectivity index (χ3v) is 3.83. The van der Waals surface area contributed by atoms with Gasteiger partial charge in [-0.3, -0.25) is 4.79 Å². The Morgan fingerprint density at radius 2 is 2.20 bits per heavy atom. The Morgan fingerprint density at radius 3 is 2.95 bits per heavy atom. The summed E-state index contributed by atoms with van der Waals surface area (Å²) < 4.78 is 0. The standard InChI is InChI=1S/C15H17N3O2/c1-9-14(19)16-13(17-15(9)20)11-5-6-12-10(8-11)4-3-7-18(12)2/h5-6,8H,3-4,7H2,1-2H3,(H2,16,17,19,20). The largest absolute Gasteiger partial charge is 0.493 e. The highest BCUT2D eigenvalue weighted by molar-refractivity contribution is 5.65. The first-order valence-corrected chi connectivity index (χ1v) is 6.70. The molecule has 5 nitrogen and oxygen atoms in total. The van der Waals surface area contributed by atoms with Crippen molar-refractivity contribution in [1.82, 2.24) is 9.97 Å². The second kappa shape index (κ2) is 4.67. The number of rotatable bonds is 1. The number of aromatic hydroxyl groups is 1. The van der Waals surface area contributed by atoms with Crippen molar-refractivity contribution in [2.24, 2.45) is 0 Å². The van der Waals surface area contributed by atoms with Gasteiger partial charge in [0, 0.05) is 24.8 Å². The highest BCUT2D eigenvalue weighted by Crippen LogP contribution is 2.29. The van der Waals surface area contributed by atoms with Crippen molar-refractivity contribution >= 4 is 5.69 Å². The zero-order chi connectivity index (χ0) is 14.3. The van der Waals surface area contributed by atoms with Crippen LogP contribution in [0.15, 0.2) is 23.0 Å². The Kier molecular flexibility index (Phi) is 2.97. The molecule has 2 heterocycles. The summed E-state index contributed by atoms with van der Waals surface area (Å²) in [7, 11) is 2.08. The van der Waals surface area contributed by atoms with Gasteiger partial charge in [0.1, 0.15) is 5.82 Å². The summed E-state index contributed by atoms with van der Waals surface area (Å²) in [5.41, 5.74) is 3.23. The van der Waals surface area contributed by atoms with Gasteiger partial charge in [-0.15, -0.1) is 0 Å². The molecule has 2 N–H and O–H groups in total. The van der Waals surface area contributed by atoms with Crippen molar-refractivity contribution in [3.8, 4) is 17.3 Å². The topological polar surface area (TPSA) is 69.2 Å². The van der Waals surface area contributed by atoms with Crippen LogP contribution in [0.5, 0.6) is 5.88 Å². The molecule has 0 saturated carbocycles. The molecular weight excluding hydrogens is 254 g/mol. The zero-order valence-corrected chi connectivity index (χ0v) is 11.6. The van der Waals surface area contributed by atoms with E-state index < -0.39 is 0 Å². The summed E-state index contributed by atoms with van der Waals surface area (Å²) in [5.74, 6) is 0.202. The van der Waals surface area contributed by atoms with E-state index in [0.717, 1.165) is 24.9 Å². The van der Waals surface area contributed by atoms with Gasteiger partial charge in [0.25, 0.3) is 5.56 Å². The van der Waals surface area contributed by atoms with E-state index >= 15 is 0 Å². The summed E-state index contributed by atoms with van der Waals surface area (Å²) in [6.07, 6.45) is 2.14. The molecular formula is C15H17N3O2. The number of nitrogens with one attached hydrogen (secondary N) is 1. The SMILES string of the molecule is Cc1c(O)nc(-c2ccc3c(c2)CCCN3C)[nH]c1=O. The molecule has 0 radical (unpaired) electrons. The summed E-state index contributed by atoms with van der Waals surface area (Å²) in [4.78, 5) is 20.7. The molecule has 0 amide bonds. The molecule has 0 saturated heterocycles. The second-order valence-electron chi connectivity index (χ2n) is 5.23. The van der Waals surface area contributed by atoms with Crippen LogP contribution in [0.3, 0.4) is 0 Å². The number of nitrogens with zero attached hydrogens (tertiary/aromatic N) is 2. The Hall–Kier alpha value is -2.30. The smallest absolute Gasteiger partial charge is 0.257 e. The number of H-pyrrole nitrogens is 1. The Morgan fingerprint density at radius 1 is 1.40 bits per heavy atom. The van der Waals surface area contributed by atoms with E-state index in [-0.39, 0.29) is 17.0 Å². The van der Waals surface area contributed by atoms with Crippen molar-refractivity contribution in [1.29, 1.82) is 0 Å². The van der Waals surface area contributed by atoms with Gasteiger partial charge in [0.15, 0.2) is 0 Å². The number of hydrogen-bond acceptors (Lipinski definition) is 4. The Bertz CT molecular complexity index is 722. The summed E-state index contributed by atoms with van der Waals surface area (Å²) in [6, 6.07) is 6.01. The normalized spacial score (nSPS) is 14.2. The second-order valence-corrected chi connectivity index (χ2v) is 5.23.